The molecule has 1 rings (SSSR count). The number of ether oxygens (including phenoxy) is 1. The van der Waals surface area contributed by atoms with Crippen molar-refractivity contribution >= 4 is 6.09 Å². The first kappa shape index (κ1) is 20.3. The van der Waals surface area contributed by atoms with Gasteiger partial charge in [0.15, 0.2) is 0 Å². The Morgan fingerprint density at radius 3 is 2.61 bits per heavy atom. The number of nitrogens with one attached hydrogen (secondary N) is 2. The van der Waals surface area contributed by atoms with E-state index in [1.807, 2.05) is 27.7 Å². The third-order valence-corrected chi connectivity index (χ3v) is 4.56. The lowest BCUT2D eigenvalue weighted by atomic mass is 9.95. The second-order valence-corrected chi connectivity index (χ2v) is 8.15. The van der Waals surface area contributed by atoms with Crippen molar-refractivity contribution in [1.29, 1.82) is 0 Å². The van der Waals surface area contributed by atoms with Crippen molar-refractivity contribution in [2.45, 2.75) is 104 Å². The maximum absolute atomic E-state index is 11.7. The summed E-state index contributed by atoms with van der Waals surface area (Å²) in [7, 11) is 0. The molecule has 1 aliphatic carbocycles. The van der Waals surface area contributed by atoms with E-state index in [4.69, 9.17) is 4.74 Å². The molecule has 23 heavy (non-hydrogen) atoms. The number of carbonyl (C=O) groups excluding carboxylic acids is 1. The Morgan fingerprint density at radius 1 is 1.22 bits per heavy atom. The Hall–Kier alpha value is -0.770. The molecule has 0 heterocycles. The minimum Gasteiger partial charge on any atom is -0.444 e. The van der Waals surface area contributed by atoms with E-state index in [1.54, 1.807) is 0 Å². The maximum atomic E-state index is 11.7. The molecule has 0 aromatic rings. The Bertz CT molecular complexity index is 339. The van der Waals surface area contributed by atoms with Crippen molar-refractivity contribution < 1.29 is 9.53 Å². The van der Waals surface area contributed by atoms with Gasteiger partial charge in [0.2, 0.25) is 0 Å². The zero-order valence-corrected chi connectivity index (χ0v) is 15.9. The average molecular weight is 327 g/mol. The Kier molecular flexibility index (Phi) is 8.96. The molecule has 1 fully saturated rings. The van der Waals surface area contributed by atoms with Crippen LogP contribution in [0.25, 0.3) is 0 Å². The van der Waals surface area contributed by atoms with Crippen LogP contribution in [0.5, 0.6) is 0 Å². The van der Waals surface area contributed by atoms with E-state index in [0.29, 0.717) is 6.04 Å². The molecule has 1 saturated carbocycles. The highest BCUT2D eigenvalue weighted by molar-refractivity contribution is 5.67. The van der Waals surface area contributed by atoms with Gasteiger partial charge < -0.3 is 15.4 Å². The summed E-state index contributed by atoms with van der Waals surface area (Å²) < 4.78 is 5.29. The van der Waals surface area contributed by atoms with Crippen LogP contribution in [0.2, 0.25) is 0 Å². The monoisotopic (exact) mass is 326 g/mol. The van der Waals surface area contributed by atoms with Gasteiger partial charge in [0.05, 0.1) is 0 Å². The molecule has 4 heteroatoms. The van der Waals surface area contributed by atoms with Gasteiger partial charge in [-0.3, -0.25) is 0 Å². The molecule has 4 nitrogen and oxygen atoms in total. The van der Waals surface area contributed by atoms with Gasteiger partial charge >= 0.3 is 6.09 Å². The normalized spacial score (nSPS) is 23.9. The van der Waals surface area contributed by atoms with Crippen LogP contribution in [0, 0.1) is 5.92 Å². The van der Waals surface area contributed by atoms with Crippen LogP contribution in [-0.2, 0) is 4.74 Å². The fourth-order valence-electron chi connectivity index (χ4n) is 3.36. The van der Waals surface area contributed by atoms with Crippen LogP contribution in [0.4, 0.5) is 4.79 Å². The zero-order valence-electron chi connectivity index (χ0n) is 15.9. The van der Waals surface area contributed by atoms with Crippen molar-refractivity contribution in [2.24, 2.45) is 5.92 Å². The highest BCUT2D eigenvalue weighted by Gasteiger charge is 2.19. The molecule has 2 N–H and O–H groups in total. The van der Waals surface area contributed by atoms with E-state index in [0.717, 1.165) is 18.9 Å². The van der Waals surface area contributed by atoms with E-state index in [9.17, 15) is 4.79 Å². The molecule has 1 amide bonds. The van der Waals surface area contributed by atoms with Crippen molar-refractivity contribution in [3.63, 3.8) is 0 Å². The van der Waals surface area contributed by atoms with Crippen LogP contribution in [0.3, 0.4) is 0 Å². The molecule has 136 valence electrons. The molecule has 0 aromatic carbocycles. The van der Waals surface area contributed by atoms with Crippen LogP contribution in [0.1, 0.15) is 86.0 Å². The Balaban J connectivity index is 2.17. The van der Waals surface area contributed by atoms with Gasteiger partial charge in [0, 0.05) is 12.1 Å². The van der Waals surface area contributed by atoms with Gasteiger partial charge in [0.1, 0.15) is 5.60 Å². The van der Waals surface area contributed by atoms with Crippen molar-refractivity contribution in [3.8, 4) is 0 Å². The summed E-state index contributed by atoms with van der Waals surface area (Å²) in [6, 6.07) is 0.793. The van der Waals surface area contributed by atoms with Gasteiger partial charge in [0.25, 0.3) is 0 Å². The summed E-state index contributed by atoms with van der Waals surface area (Å²) in [5, 5.41) is 6.59. The van der Waals surface area contributed by atoms with E-state index in [-0.39, 0.29) is 12.1 Å². The molecule has 0 spiro atoms. The summed E-state index contributed by atoms with van der Waals surface area (Å²) >= 11 is 0. The third kappa shape index (κ3) is 9.85. The van der Waals surface area contributed by atoms with Crippen molar-refractivity contribution in [1.82, 2.24) is 10.6 Å². The summed E-state index contributed by atoms with van der Waals surface area (Å²) in [5.74, 6) is 0.944. The fraction of sp³-hybridized carbons (Fsp3) is 0.947. The van der Waals surface area contributed by atoms with Gasteiger partial charge in [-0.15, -0.1) is 0 Å². The molecule has 0 saturated heterocycles. The molecular weight excluding hydrogens is 288 g/mol. The first-order valence-electron chi connectivity index (χ1n) is 9.53. The first-order chi connectivity index (χ1) is 10.8. The van der Waals surface area contributed by atoms with Crippen LogP contribution >= 0.6 is 0 Å². The van der Waals surface area contributed by atoms with Gasteiger partial charge in [-0.2, -0.15) is 0 Å². The quantitative estimate of drug-likeness (QED) is 0.671. The first-order valence-corrected chi connectivity index (χ1v) is 9.53. The second kappa shape index (κ2) is 10.2. The van der Waals surface area contributed by atoms with Crippen molar-refractivity contribution in [2.75, 3.05) is 6.54 Å². The molecule has 0 bridgehead atoms. The zero-order chi connectivity index (χ0) is 17.3. The fourth-order valence-corrected chi connectivity index (χ4v) is 3.36. The summed E-state index contributed by atoms with van der Waals surface area (Å²) in [6.07, 6.45) is 10.1. The molecule has 0 aromatic heterocycles. The number of hydrogen-bond acceptors (Lipinski definition) is 3. The minimum absolute atomic E-state index is 0.135. The molecular formula is C19H38N2O2. The van der Waals surface area contributed by atoms with E-state index in [2.05, 4.69) is 17.6 Å². The highest BCUT2D eigenvalue weighted by atomic mass is 16.6. The van der Waals surface area contributed by atoms with E-state index < -0.39 is 5.60 Å². The van der Waals surface area contributed by atoms with Crippen LogP contribution in [-0.4, -0.2) is 30.3 Å². The number of alkyl carbamates (subject to hydrolysis) is 1. The maximum Gasteiger partial charge on any atom is 0.407 e. The number of carbonyl (C=O) groups is 1. The molecule has 3 atom stereocenters. The topological polar surface area (TPSA) is 50.4 Å². The highest BCUT2D eigenvalue weighted by Crippen LogP contribution is 2.26. The van der Waals surface area contributed by atoms with Gasteiger partial charge in [-0.25, -0.2) is 4.79 Å². The summed E-state index contributed by atoms with van der Waals surface area (Å²) in [6.45, 7) is 10.9. The number of hydrogen-bond donors (Lipinski definition) is 2. The van der Waals surface area contributed by atoms with E-state index in [1.165, 1.54) is 44.9 Å². The lowest BCUT2D eigenvalue weighted by molar-refractivity contribution is 0.0506. The predicted octanol–water partition coefficient (Wildman–Crippen LogP) is 4.63. The smallest absolute Gasteiger partial charge is 0.407 e. The molecule has 3 unspecified atom stereocenters. The predicted molar refractivity (Wildman–Crippen MR) is 96.7 cm³/mol. The lowest BCUT2D eigenvalue weighted by Gasteiger charge is -2.22. The van der Waals surface area contributed by atoms with Gasteiger partial charge in [-0.05, 0) is 65.8 Å². The number of amides is 1. The second-order valence-electron chi connectivity index (χ2n) is 8.15. The van der Waals surface area contributed by atoms with Crippen LogP contribution in [0.15, 0.2) is 0 Å². The standard InChI is InChI=1S/C19H38N2O2/c1-6-8-16-9-7-10-17(12-11-16)20-14-13-15(2)21-18(22)23-19(3,4)5/h15-17,20H,6-14H2,1-5H3,(H,21,22). The van der Waals surface area contributed by atoms with E-state index >= 15 is 0 Å². The number of rotatable bonds is 7. The Morgan fingerprint density at radius 2 is 1.96 bits per heavy atom. The average Bonchev–Trinajstić information content (AvgIpc) is 2.62. The molecule has 0 aliphatic heterocycles. The SMILES string of the molecule is CCCC1CCCC(NCCC(C)NC(=O)OC(C)(C)C)CC1. The van der Waals surface area contributed by atoms with Gasteiger partial charge in [-0.1, -0.05) is 32.6 Å². The van der Waals surface area contributed by atoms with Crippen LogP contribution < -0.4 is 10.6 Å². The van der Waals surface area contributed by atoms with Crippen molar-refractivity contribution in [3.05, 3.63) is 0 Å². The third-order valence-electron chi connectivity index (χ3n) is 4.56. The minimum atomic E-state index is -0.433. The molecule has 0 radical (unpaired) electrons. The lowest BCUT2D eigenvalue weighted by Crippen LogP contribution is -2.40. The summed E-state index contributed by atoms with van der Waals surface area (Å²) in [4.78, 5) is 11.7. The Labute approximate surface area is 143 Å². The summed E-state index contributed by atoms with van der Waals surface area (Å²) in [5.41, 5.74) is -0.433. The largest absolute Gasteiger partial charge is 0.444 e. The molecule has 1 aliphatic rings.